The monoisotopic (exact) mass is 628 g/mol. The van der Waals surface area contributed by atoms with Crippen molar-refractivity contribution in [3.05, 3.63) is 90.6 Å². The number of nitro benzene ring substituents is 2. The van der Waals surface area contributed by atoms with Gasteiger partial charge < -0.3 is 14.7 Å². The molecule has 2 aromatic carbocycles. The fourth-order valence-corrected chi connectivity index (χ4v) is 7.35. The number of nitro groups is 2. The third-order valence-corrected chi connectivity index (χ3v) is 9.25. The molecule has 1 saturated heterocycles. The summed E-state index contributed by atoms with van der Waals surface area (Å²) in [7, 11) is 4.18. The molecule has 2 amide bonds. The van der Waals surface area contributed by atoms with Crippen molar-refractivity contribution in [3.8, 4) is 11.5 Å². The number of allylic oxidation sites excluding steroid dienone is 6. The Balaban J connectivity index is 1.49. The Kier molecular flexibility index (Phi) is 7.10. The number of hydrogen-bond acceptors (Lipinski definition) is 11. The van der Waals surface area contributed by atoms with Crippen molar-refractivity contribution in [1.82, 2.24) is 0 Å². The van der Waals surface area contributed by atoms with Crippen molar-refractivity contribution in [2.45, 2.75) is 25.7 Å². The van der Waals surface area contributed by atoms with Gasteiger partial charge in [0.25, 0.3) is 0 Å². The first-order valence-electron chi connectivity index (χ1n) is 14.4. The number of carbonyl (C=O) groups excluding carboxylic acids is 4. The van der Waals surface area contributed by atoms with Crippen LogP contribution >= 0.6 is 0 Å². The second kappa shape index (κ2) is 10.8. The van der Waals surface area contributed by atoms with Crippen molar-refractivity contribution in [3.63, 3.8) is 0 Å². The maximum Gasteiger partial charge on any atom is 0.301 e. The highest BCUT2D eigenvalue weighted by Crippen LogP contribution is 2.56. The van der Waals surface area contributed by atoms with Crippen molar-refractivity contribution < 1.29 is 38.9 Å². The van der Waals surface area contributed by atoms with Crippen molar-refractivity contribution in [2.24, 2.45) is 17.8 Å². The van der Waals surface area contributed by atoms with E-state index < -0.39 is 56.7 Å². The van der Waals surface area contributed by atoms with Gasteiger partial charge in [-0.25, -0.2) is 4.90 Å². The molecule has 6 rings (SSSR count). The number of fused-ring (bicyclic) bond motifs is 3. The van der Waals surface area contributed by atoms with Gasteiger partial charge in [0.2, 0.25) is 11.8 Å². The predicted octanol–water partition coefficient (Wildman–Crippen LogP) is 3.92. The maximum atomic E-state index is 14.2. The molecule has 1 N–H and O–H groups in total. The summed E-state index contributed by atoms with van der Waals surface area (Å²) in [5.41, 5.74) is 0.0109. The fourth-order valence-electron chi connectivity index (χ4n) is 7.35. The zero-order valence-corrected chi connectivity index (χ0v) is 25.2. The molecule has 14 nitrogen and oxygen atoms in total. The lowest BCUT2D eigenvalue weighted by Crippen LogP contribution is -2.39. The topological polar surface area (TPSA) is 190 Å². The average molecular weight is 629 g/mol. The molecule has 4 aliphatic rings. The van der Waals surface area contributed by atoms with Crippen LogP contribution in [-0.2, 0) is 19.2 Å². The lowest BCUT2D eigenvalue weighted by Gasteiger charge is -2.42. The van der Waals surface area contributed by atoms with Gasteiger partial charge in [0, 0.05) is 48.9 Å². The van der Waals surface area contributed by atoms with Crippen LogP contribution < -0.4 is 14.5 Å². The van der Waals surface area contributed by atoms with Crippen LogP contribution in [0, 0.1) is 38.0 Å². The van der Waals surface area contributed by atoms with E-state index in [0.29, 0.717) is 11.1 Å². The molecular formula is C32H28N4O10. The lowest BCUT2D eigenvalue weighted by molar-refractivity contribution is -0.392. The molecular weight excluding hydrogens is 600 g/mol. The highest BCUT2D eigenvalue weighted by atomic mass is 16.6. The lowest BCUT2D eigenvalue weighted by atomic mass is 9.59. The Morgan fingerprint density at radius 2 is 1.63 bits per heavy atom. The van der Waals surface area contributed by atoms with Gasteiger partial charge in [-0.15, -0.1) is 0 Å². The number of methoxy groups -OCH3 is 1. The Labute approximate surface area is 261 Å². The van der Waals surface area contributed by atoms with Gasteiger partial charge in [0.1, 0.15) is 0 Å². The Hall–Kier alpha value is -5.66. The molecule has 14 heteroatoms. The number of imide groups is 1. The number of ether oxygens (including phenoxy) is 1. The number of Topliss-reactive ketones (excluding diaryl/α,β-unsaturated/α-hetero) is 1. The van der Waals surface area contributed by atoms with Crippen molar-refractivity contribution in [1.29, 1.82) is 0 Å². The quantitative estimate of drug-likeness (QED) is 0.160. The van der Waals surface area contributed by atoms with Gasteiger partial charge in [0.05, 0.1) is 34.5 Å². The molecule has 236 valence electrons. The predicted molar refractivity (Wildman–Crippen MR) is 163 cm³/mol. The normalized spacial score (nSPS) is 23.8. The molecule has 0 saturated carbocycles. The number of carbonyl (C=O) groups is 4. The maximum absolute atomic E-state index is 14.2. The van der Waals surface area contributed by atoms with Crippen LogP contribution in [0.25, 0.3) is 0 Å². The Bertz CT molecular complexity index is 1870. The van der Waals surface area contributed by atoms with Gasteiger partial charge >= 0.3 is 11.4 Å². The number of aromatic hydroxyl groups is 1. The summed E-state index contributed by atoms with van der Waals surface area (Å²) in [5, 5.41) is 34.2. The van der Waals surface area contributed by atoms with Gasteiger partial charge in [0.15, 0.2) is 28.8 Å². The summed E-state index contributed by atoms with van der Waals surface area (Å²) in [6.07, 6.45) is 3.15. The summed E-state index contributed by atoms with van der Waals surface area (Å²) >= 11 is 0. The number of phenolic OH excluding ortho intramolecular Hbond substituents is 1. The van der Waals surface area contributed by atoms with Crippen LogP contribution in [0.1, 0.15) is 31.2 Å². The Morgan fingerprint density at radius 3 is 2.22 bits per heavy atom. The number of amides is 2. The summed E-state index contributed by atoms with van der Waals surface area (Å²) in [5.74, 6) is -5.51. The van der Waals surface area contributed by atoms with E-state index >= 15 is 0 Å². The number of benzene rings is 2. The third-order valence-electron chi connectivity index (χ3n) is 9.25. The fraction of sp³-hybridized carbons (Fsp3) is 0.312. The highest BCUT2D eigenvalue weighted by molar-refractivity contribution is 6.25. The average Bonchev–Trinajstić information content (AvgIpc) is 3.27. The van der Waals surface area contributed by atoms with Crippen LogP contribution in [0.5, 0.6) is 11.5 Å². The van der Waals surface area contributed by atoms with E-state index in [2.05, 4.69) is 0 Å². The summed E-state index contributed by atoms with van der Waals surface area (Å²) < 4.78 is 5.30. The first-order chi connectivity index (χ1) is 21.8. The van der Waals surface area contributed by atoms with Gasteiger partial charge in [-0.05, 0) is 49.5 Å². The van der Waals surface area contributed by atoms with E-state index in [-0.39, 0.29) is 64.0 Å². The molecule has 2 aromatic rings. The molecule has 0 bridgehead atoms. The zero-order chi connectivity index (χ0) is 33.4. The number of ketones is 2. The Morgan fingerprint density at radius 1 is 0.978 bits per heavy atom. The van der Waals surface area contributed by atoms with Crippen LogP contribution in [0.15, 0.2) is 64.8 Å². The minimum Gasteiger partial charge on any atom is -0.504 e. The molecule has 0 radical (unpaired) electrons. The van der Waals surface area contributed by atoms with E-state index in [1.807, 2.05) is 0 Å². The molecule has 4 unspecified atom stereocenters. The molecule has 46 heavy (non-hydrogen) atoms. The van der Waals surface area contributed by atoms with Crippen LogP contribution in [0.2, 0.25) is 0 Å². The molecule has 0 spiro atoms. The van der Waals surface area contributed by atoms with Gasteiger partial charge in [-0.3, -0.25) is 39.4 Å². The molecule has 1 fully saturated rings. The van der Waals surface area contributed by atoms with Crippen molar-refractivity contribution >= 4 is 46.1 Å². The second-order valence-electron chi connectivity index (χ2n) is 11.9. The number of phenols is 1. The summed E-state index contributed by atoms with van der Waals surface area (Å²) in [6.45, 7) is 1.53. The smallest absolute Gasteiger partial charge is 0.301 e. The summed E-state index contributed by atoms with van der Waals surface area (Å²) in [4.78, 5) is 79.4. The van der Waals surface area contributed by atoms with E-state index in [9.17, 15) is 44.5 Å². The summed E-state index contributed by atoms with van der Waals surface area (Å²) in [6, 6.07) is 6.53. The number of anilines is 2. The highest BCUT2D eigenvalue weighted by Gasteiger charge is 2.57. The zero-order valence-electron chi connectivity index (χ0n) is 25.2. The van der Waals surface area contributed by atoms with E-state index in [4.69, 9.17) is 4.74 Å². The number of nitrogens with zero attached hydrogens (tertiary/aromatic N) is 4. The van der Waals surface area contributed by atoms with Gasteiger partial charge in [-0.2, -0.15) is 0 Å². The molecule has 1 aliphatic heterocycles. The minimum atomic E-state index is -1.01. The first-order valence-corrected chi connectivity index (χ1v) is 14.4. The number of rotatable bonds is 6. The van der Waals surface area contributed by atoms with Crippen LogP contribution in [0.4, 0.5) is 22.7 Å². The van der Waals surface area contributed by atoms with E-state index in [1.54, 1.807) is 18.2 Å². The molecule has 3 aliphatic carbocycles. The molecule has 4 atom stereocenters. The van der Waals surface area contributed by atoms with Crippen molar-refractivity contribution in [2.75, 3.05) is 31.0 Å². The first kappa shape index (κ1) is 30.4. The standard InChI is InChI=1S/C32H28N4O10/c1-14-9-24(38)28-20(30(14)39)13-19-17(26(28)15-5-8-23(37)25(10-15)46-4)6-7-18-27(19)32(41)34(31(18)40)16-11-21(35(42)43)29(33(2)3)22(12-16)36(44)45/h5-6,8-12,18-19,26-27,37H,7,13H2,1-4H3. The van der Waals surface area contributed by atoms with E-state index in [1.165, 1.54) is 45.2 Å². The molecule has 1 heterocycles. The van der Waals surface area contributed by atoms with E-state index in [0.717, 1.165) is 17.0 Å². The number of hydrogen-bond donors (Lipinski definition) is 1. The van der Waals surface area contributed by atoms with Gasteiger partial charge in [-0.1, -0.05) is 17.7 Å². The van der Waals surface area contributed by atoms with Crippen LogP contribution in [0.3, 0.4) is 0 Å². The molecule has 0 aromatic heterocycles. The SMILES string of the molecule is COc1cc(C2C3=CCC4C(=O)N(c5cc([N+](=O)[O-])c(N(C)C)c([N+](=O)[O-])c5)C(=O)C4C3CC3=C2C(=O)C=C(C)C3=O)ccc1O. The largest absolute Gasteiger partial charge is 0.504 e. The van der Waals surface area contributed by atoms with Crippen LogP contribution in [-0.4, -0.2) is 59.5 Å². The minimum absolute atomic E-state index is 0.00344. The third kappa shape index (κ3) is 4.39. The second-order valence-corrected chi connectivity index (χ2v) is 11.9.